The van der Waals surface area contributed by atoms with Crippen molar-refractivity contribution in [2.75, 3.05) is 13.1 Å². The smallest absolute Gasteiger partial charge is 0.207 e. The van der Waals surface area contributed by atoms with Gasteiger partial charge in [-0.15, -0.1) is 0 Å². The van der Waals surface area contributed by atoms with Gasteiger partial charge in [0.25, 0.3) is 0 Å². The van der Waals surface area contributed by atoms with Crippen LogP contribution in [0, 0.1) is 23.2 Å². The lowest BCUT2D eigenvalue weighted by molar-refractivity contribution is 0.463. The maximum absolute atomic E-state index is 12.5. The van der Waals surface area contributed by atoms with Gasteiger partial charge in [-0.3, -0.25) is 0 Å². The molecule has 4 nitrogen and oxygen atoms in total. The fourth-order valence-electron chi connectivity index (χ4n) is 2.20. The molecule has 0 spiro atoms. The minimum Gasteiger partial charge on any atom is -0.207 e. The van der Waals surface area contributed by atoms with Gasteiger partial charge in [0, 0.05) is 13.1 Å². The van der Waals surface area contributed by atoms with Crippen molar-refractivity contribution in [3.63, 3.8) is 0 Å². The summed E-state index contributed by atoms with van der Waals surface area (Å²) in [7, 11) is -3.54. The summed E-state index contributed by atoms with van der Waals surface area (Å²) < 4.78 is 26.4. The molecule has 1 aliphatic rings. The Kier molecular flexibility index (Phi) is 3.42. The van der Waals surface area contributed by atoms with Crippen LogP contribution in [0.1, 0.15) is 19.4 Å². The zero-order valence-corrected chi connectivity index (χ0v) is 11.3. The molecule has 0 amide bonds. The Morgan fingerprint density at radius 2 is 1.78 bits per heavy atom. The van der Waals surface area contributed by atoms with Crippen LogP contribution < -0.4 is 0 Å². The summed E-state index contributed by atoms with van der Waals surface area (Å²) in [5.74, 6) is 0.711. The van der Waals surface area contributed by atoms with E-state index < -0.39 is 10.0 Å². The Morgan fingerprint density at radius 1 is 1.22 bits per heavy atom. The van der Waals surface area contributed by atoms with E-state index in [4.69, 9.17) is 5.26 Å². The normalized spacial score (nSPS) is 24.9. The number of sulfonamides is 1. The van der Waals surface area contributed by atoms with Crippen LogP contribution in [0.2, 0.25) is 0 Å². The number of nitrogens with zero attached hydrogens (tertiary/aromatic N) is 2. The molecule has 2 atom stereocenters. The van der Waals surface area contributed by atoms with Crippen molar-refractivity contribution in [3.05, 3.63) is 29.8 Å². The molecule has 1 aliphatic heterocycles. The van der Waals surface area contributed by atoms with E-state index in [1.807, 2.05) is 6.07 Å². The second kappa shape index (κ2) is 4.71. The quantitative estimate of drug-likeness (QED) is 0.818. The first-order chi connectivity index (χ1) is 8.46. The van der Waals surface area contributed by atoms with E-state index in [1.165, 1.54) is 16.4 Å². The van der Waals surface area contributed by atoms with E-state index in [0.717, 1.165) is 0 Å². The lowest BCUT2D eigenvalue weighted by Gasteiger charge is -2.16. The fourth-order valence-corrected chi connectivity index (χ4v) is 3.98. The monoisotopic (exact) mass is 264 g/mol. The average Bonchev–Trinajstić information content (AvgIpc) is 2.70. The molecule has 0 saturated carbocycles. The van der Waals surface area contributed by atoms with Crippen LogP contribution in [0.4, 0.5) is 0 Å². The van der Waals surface area contributed by atoms with E-state index >= 15 is 0 Å². The summed E-state index contributed by atoms with van der Waals surface area (Å²) in [4.78, 5) is 0.119. The largest absolute Gasteiger partial charge is 0.244 e. The van der Waals surface area contributed by atoms with Crippen LogP contribution in [0.15, 0.2) is 29.2 Å². The van der Waals surface area contributed by atoms with Gasteiger partial charge in [0.1, 0.15) is 6.07 Å². The summed E-state index contributed by atoms with van der Waals surface area (Å²) in [5.41, 5.74) is 0.213. The molecule has 18 heavy (non-hydrogen) atoms. The number of hydrogen-bond acceptors (Lipinski definition) is 3. The molecule has 1 fully saturated rings. The third kappa shape index (κ3) is 2.14. The number of nitriles is 1. The van der Waals surface area contributed by atoms with E-state index in [0.29, 0.717) is 24.9 Å². The van der Waals surface area contributed by atoms with Crippen molar-refractivity contribution in [2.24, 2.45) is 11.8 Å². The Balaban J connectivity index is 2.41. The molecule has 0 bridgehead atoms. The molecule has 0 aromatic heterocycles. The first kappa shape index (κ1) is 13.1. The van der Waals surface area contributed by atoms with Crippen LogP contribution in [-0.2, 0) is 10.0 Å². The fraction of sp³-hybridized carbons (Fsp3) is 0.462. The van der Waals surface area contributed by atoms with Gasteiger partial charge in [0.2, 0.25) is 10.0 Å². The van der Waals surface area contributed by atoms with Gasteiger partial charge in [-0.05, 0) is 24.0 Å². The predicted octanol–water partition coefficient (Wildman–Crippen LogP) is 1.83. The van der Waals surface area contributed by atoms with Crippen molar-refractivity contribution in [1.82, 2.24) is 4.31 Å². The SMILES string of the molecule is CC1CN(S(=O)(=O)c2ccccc2C#N)CC1C. The average molecular weight is 264 g/mol. The molecule has 2 unspecified atom stereocenters. The van der Waals surface area contributed by atoms with Gasteiger partial charge in [-0.2, -0.15) is 9.57 Å². The third-order valence-electron chi connectivity index (χ3n) is 3.58. The zero-order valence-electron chi connectivity index (χ0n) is 10.5. The van der Waals surface area contributed by atoms with Crippen molar-refractivity contribution in [2.45, 2.75) is 18.7 Å². The van der Waals surface area contributed by atoms with Gasteiger partial charge in [0.15, 0.2) is 0 Å². The molecule has 5 heteroatoms. The van der Waals surface area contributed by atoms with Gasteiger partial charge < -0.3 is 0 Å². The van der Waals surface area contributed by atoms with Gasteiger partial charge >= 0.3 is 0 Å². The first-order valence-electron chi connectivity index (χ1n) is 5.96. The van der Waals surface area contributed by atoms with Crippen molar-refractivity contribution >= 4 is 10.0 Å². The number of rotatable bonds is 2. The molecular formula is C13H16N2O2S. The van der Waals surface area contributed by atoms with E-state index in [-0.39, 0.29) is 10.5 Å². The van der Waals surface area contributed by atoms with Crippen LogP contribution in [0.5, 0.6) is 0 Å². The highest BCUT2D eigenvalue weighted by Crippen LogP contribution is 2.29. The number of benzene rings is 1. The third-order valence-corrected chi connectivity index (χ3v) is 5.47. The zero-order chi connectivity index (χ0) is 13.3. The molecule has 0 N–H and O–H groups in total. The second-order valence-corrected chi connectivity index (χ2v) is 6.79. The molecule has 96 valence electrons. The Labute approximate surface area is 108 Å². The Hall–Kier alpha value is -1.38. The van der Waals surface area contributed by atoms with Crippen LogP contribution in [-0.4, -0.2) is 25.8 Å². The molecule has 0 aliphatic carbocycles. The highest BCUT2D eigenvalue weighted by atomic mass is 32.2. The molecule has 0 radical (unpaired) electrons. The minimum atomic E-state index is -3.54. The Bertz CT molecular complexity index is 579. The topological polar surface area (TPSA) is 61.2 Å². The van der Waals surface area contributed by atoms with E-state index in [9.17, 15) is 8.42 Å². The summed E-state index contributed by atoms with van der Waals surface area (Å²) >= 11 is 0. The lowest BCUT2D eigenvalue weighted by atomic mass is 10.0. The van der Waals surface area contributed by atoms with Crippen LogP contribution >= 0.6 is 0 Å². The molecular weight excluding hydrogens is 248 g/mol. The Morgan fingerprint density at radius 3 is 2.33 bits per heavy atom. The summed E-state index contributed by atoms with van der Waals surface area (Å²) in [6.07, 6.45) is 0. The number of hydrogen-bond donors (Lipinski definition) is 0. The minimum absolute atomic E-state index is 0.119. The van der Waals surface area contributed by atoms with E-state index in [2.05, 4.69) is 13.8 Å². The van der Waals surface area contributed by atoms with Gasteiger partial charge in [-0.1, -0.05) is 26.0 Å². The highest BCUT2D eigenvalue weighted by Gasteiger charge is 2.35. The molecule has 1 saturated heterocycles. The first-order valence-corrected chi connectivity index (χ1v) is 7.40. The molecule has 1 aromatic carbocycles. The lowest BCUT2D eigenvalue weighted by Crippen LogP contribution is -2.29. The maximum Gasteiger partial charge on any atom is 0.244 e. The standard InChI is InChI=1S/C13H16N2O2S/c1-10-8-15(9-11(10)2)18(16,17)13-6-4-3-5-12(13)7-14/h3-6,10-11H,8-9H2,1-2H3. The summed E-state index contributed by atoms with van der Waals surface area (Å²) in [6, 6.07) is 8.30. The van der Waals surface area contributed by atoms with Crippen molar-refractivity contribution < 1.29 is 8.42 Å². The van der Waals surface area contributed by atoms with E-state index in [1.54, 1.807) is 12.1 Å². The van der Waals surface area contributed by atoms with Gasteiger partial charge in [0.05, 0.1) is 10.5 Å². The van der Waals surface area contributed by atoms with Gasteiger partial charge in [-0.25, -0.2) is 8.42 Å². The highest BCUT2D eigenvalue weighted by molar-refractivity contribution is 7.89. The van der Waals surface area contributed by atoms with Crippen LogP contribution in [0.3, 0.4) is 0 Å². The predicted molar refractivity (Wildman–Crippen MR) is 68.2 cm³/mol. The molecule has 1 heterocycles. The second-order valence-electron chi connectivity index (χ2n) is 4.88. The summed E-state index contributed by atoms with van der Waals surface area (Å²) in [6.45, 7) is 5.17. The molecule has 2 rings (SSSR count). The van der Waals surface area contributed by atoms with Crippen LogP contribution in [0.25, 0.3) is 0 Å². The van der Waals surface area contributed by atoms with Crippen molar-refractivity contribution in [3.8, 4) is 6.07 Å². The summed E-state index contributed by atoms with van der Waals surface area (Å²) in [5, 5.41) is 9.00. The maximum atomic E-state index is 12.5. The molecule has 1 aromatic rings. The van der Waals surface area contributed by atoms with Crippen molar-refractivity contribution in [1.29, 1.82) is 5.26 Å².